The van der Waals surface area contributed by atoms with Crippen LogP contribution in [0.4, 0.5) is 5.69 Å². The van der Waals surface area contributed by atoms with E-state index >= 15 is 0 Å². The summed E-state index contributed by atoms with van der Waals surface area (Å²) in [4.78, 5) is 81.6. The van der Waals surface area contributed by atoms with Gasteiger partial charge in [-0.05, 0) is 62.4 Å². The number of nitrogens with one attached hydrogen (secondary N) is 2. The van der Waals surface area contributed by atoms with Gasteiger partial charge >= 0.3 is 5.97 Å². The molecule has 4 aromatic rings. The molecule has 0 aliphatic carbocycles. The van der Waals surface area contributed by atoms with Gasteiger partial charge in [-0.25, -0.2) is 4.68 Å². The minimum Gasteiger partial charge on any atom is -0.496 e. The van der Waals surface area contributed by atoms with E-state index in [9.17, 15) is 29.1 Å². The number of carboxylic acid groups (broad SMARTS) is 2. The van der Waals surface area contributed by atoms with Crippen molar-refractivity contribution in [3.05, 3.63) is 75.9 Å². The van der Waals surface area contributed by atoms with E-state index in [1.807, 2.05) is 54.0 Å². The molecule has 26 heteroatoms. The number of carboxylic acids is 1. The minimum atomic E-state index is -0.917. The average molecular weight is 1200 g/mol. The third kappa shape index (κ3) is 20.8. The molecule has 0 unspecified atom stereocenters. The van der Waals surface area contributed by atoms with Crippen LogP contribution < -0.4 is 20.1 Å². The van der Waals surface area contributed by atoms with Crippen molar-refractivity contribution >= 4 is 65.3 Å². The van der Waals surface area contributed by atoms with E-state index in [0.29, 0.717) is 154 Å². The third-order valence-electron chi connectivity index (χ3n) is 13.8. The quantitative estimate of drug-likeness (QED) is 0.0490. The monoisotopic (exact) mass is 1200 g/mol. The number of morpholine rings is 1. The number of aliphatic hydroxyl groups is 1. The molecule has 0 bridgehead atoms. The van der Waals surface area contributed by atoms with Crippen molar-refractivity contribution < 1.29 is 72.5 Å². The molecule has 5 N–H and O–H groups in total. The summed E-state index contributed by atoms with van der Waals surface area (Å²) >= 11 is 13.0. The fourth-order valence-electron chi connectivity index (χ4n) is 9.56. The number of methoxy groups -OCH3 is 1. The first-order valence-electron chi connectivity index (χ1n) is 27.4. The Bertz CT molecular complexity index is 2730. The molecule has 0 saturated carbocycles. The summed E-state index contributed by atoms with van der Waals surface area (Å²) < 4.78 is 36.6. The van der Waals surface area contributed by atoms with Gasteiger partial charge in [0.15, 0.2) is 5.69 Å². The largest absolute Gasteiger partial charge is 0.496 e. The highest BCUT2D eigenvalue weighted by atomic mass is 35.5. The van der Waals surface area contributed by atoms with Crippen LogP contribution in [0.1, 0.15) is 43.2 Å². The Morgan fingerprint density at radius 1 is 0.771 bits per heavy atom. The van der Waals surface area contributed by atoms with Crippen molar-refractivity contribution in [3.8, 4) is 39.6 Å². The molecule has 0 spiro atoms. The Balaban J connectivity index is 0.00000244. The second kappa shape index (κ2) is 35.1. The molecular weight excluding hydrogens is 1120 g/mol. The Kier molecular flexibility index (Phi) is 28.6. The first kappa shape index (κ1) is 67.5. The summed E-state index contributed by atoms with van der Waals surface area (Å²) in [5.74, 6) is -0.466. The Hall–Kier alpha value is -6.29. The van der Waals surface area contributed by atoms with E-state index in [0.717, 1.165) is 38.6 Å². The van der Waals surface area contributed by atoms with Gasteiger partial charge in [-0.2, -0.15) is 5.10 Å². The van der Waals surface area contributed by atoms with Crippen molar-refractivity contribution in [2.24, 2.45) is 0 Å². The highest BCUT2D eigenvalue weighted by Crippen LogP contribution is 2.47. The van der Waals surface area contributed by atoms with Crippen LogP contribution in [0.5, 0.6) is 11.5 Å². The molecule has 7 rings (SSSR count). The predicted molar refractivity (Wildman–Crippen MR) is 312 cm³/mol. The van der Waals surface area contributed by atoms with Gasteiger partial charge in [-0.1, -0.05) is 42.3 Å². The molecule has 0 atom stereocenters. The second-order valence-corrected chi connectivity index (χ2v) is 20.8. The Morgan fingerprint density at radius 3 is 2.00 bits per heavy atom. The number of aldehydes is 1. The highest BCUT2D eigenvalue weighted by molar-refractivity contribution is 6.34. The van der Waals surface area contributed by atoms with Crippen LogP contribution in [-0.4, -0.2) is 250 Å². The number of anilines is 1. The number of ether oxygens (including phenoxy) is 6. The van der Waals surface area contributed by atoms with Gasteiger partial charge in [0.2, 0.25) is 11.8 Å². The van der Waals surface area contributed by atoms with E-state index in [4.69, 9.17) is 71.7 Å². The number of rotatable bonds is 24. The zero-order valence-electron chi connectivity index (χ0n) is 47.9. The van der Waals surface area contributed by atoms with Crippen LogP contribution in [0.15, 0.2) is 54.6 Å². The molecule has 1 aromatic heterocycles. The van der Waals surface area contributed by atoms with Gasteiger partial charge in [0, 0.05) is 111 Å². The molecular formula is C57H79Cl2N9O15. The molecule has 3 amide bonds. The Morgan fingerprint density at radius 2 is 1.39 bits per heavy atom. The highest BCUT2D eigenvalue weighted by Gasteiger charge is 2.39. The smallest absolute Gasteiger partial charge is 0.317 e. The normalized spacial score (nSPS) is 15.9. The maximum atomic E-state index is 14.4. The molecule has 3 aliphatic rings. The SMILES string of the molecule is CCN1CCN(CC=O)CCN(CC(=O)O)CCN(CC(=O)NCCOCCOCCOCCC(=O)Nc2cccc(-c3cc4c(cc3OC)OCc3c(C(=O)N5CCOCC5(C)C)nn(-c5cc(Cl)cc(Cl)c5)c3-4)c2)CC1.CO.O=CO. The number of aliphatic hydroxyl groups excluding tert-OH is 1. The first-order chi connectivity index (χ1) is 40.1. The number of likely N-dealkylation sites (N-methyl/N-ethyl adjacent to an activating group) is 1. The van der Waals surface area contributed by atoms with Crippen molar-refractivity contribution in [2.45, 2.75) is 39.3 Å². The van der Waals surface area contributed by atoms with Gasteiger partial charge in [0.05, 0.1) is 103 Å². The van der Waals surface area contributed by atoms with Crippen molar-refractivity contribution in [2.75, 3.05) is 164 Å². The minimum absolute atomic E-state index is 0.0805. The third-order valence-corrected chi connectivity index (χ3v) is 14.2. The van der Waals surface area contributed by atoms with E-state index in [-0.39, 0.29) is 69.2 Å². The standard InChI is InChI=1S/C55H73Cl2N9O12.CH2O2.CH4O/c1-5-61-11-13-62(19-21-67)14-16-64(36-51(70)71)18-17-63(15-12-61)35-50(69)58-10-23-75-26-28-76-27-25-74-22-9-49(68)59-42-8-6-7-39(29-42)44-33-45-48(34-47(44)73-4)78-37-46-52(54(72)65-20-24-77-38-55(65,2)3)60-66(53(45)46)43-31-40(56)30-41(57)32-43;2-1-3;1-2/h6-8,21,29-34H,5,9-20,22-28,35-38H2,1-4H3,(H,58,69)(H,59,68)(H,70,71);1H,(H,2,3);2H,1H3. The fraction of sp³-hybridized carbons (Fsp3) is 0.526. The summed E-state index contributed by atoms with van der Waals surface area (Å²) in [6.07, 6.45) is 0.996. The lowest BCUT2D eigenvalue weighted by atomic mass is 9.95. The van der Waals surface area contributed by atoms with Gasteiger partial charge in [0.25, 0.3) is 12.4 Å². The number of hydrogen-bond donors (Lipinski definition) is 5. The maximum absolute atomic E-state index is 14.4. The number of amides is 3. The molecule has 0 radical (unpaired) electrons. The summed E-state index contributed by atoms with van der Waals surface area (Å²) in [7, 11) is 2.58. The second-order valence-electron chi connectivity index (χ2n) is 19.9. The zero-order valence-corrected chi connectivity index (χ0v) is 49.5. The van der Waals surface area contributed by atoms with E-state index in [1.165, 1.54) is 0 Å². The number of aliphatic carboxylic acids is 1. The van der Waals surface area contributed by atoms with Crippen LogP contribution in [0.2, 0.25) is 10.0 Å². The lowest BCUT2D eigenvalue weighted by molar-refractivity contribution is -0.138. The number of hydrogen-bond acceptors (Lipinski definition) is 18. The number of aromatic nitrogens is 2. The number of fused-ring (bicyclic) bond motifs is 3. The number of nitrogens with zero attached hydrogens (tertiary/aromatic N) is 7. The van der Waals surface area contributed by atoms with E-state index in [1.54, 1.807) is 41.0 Å². The van der Waals surface area contributed by atoms with Crippen LogP contribution in [0, 0.1) is 0 Å². The number of carbonyl (C=O) groups is 6. The topological polar surface area (TPSA) is 277 Å². The van der Waals surface area contributed by atoms with E-state index < -0.39 is 11.5 Å². The lowest BCUT2D eigenvalue weighted by Gasteiger charge is -2.41. The van der Waals surface area contributed by atoms with Gasteiger partial charge in [0.1, 0.15) is 24.4 Å². The molecule has 4 heterocycles. The average Bonchev–Trinajstić information content (AvgIpc) is 2.36. The number of benzene rings is 3. The molecule has 83 heavy (non-hydrogen) atoms. The van der Waals surface area contributed by atoms with Crippen LogP contribution in [0.3, 0.4) is 0 Å². The molecule has 24 nitrogen and oxygen atoms in total. The lowest BCUT2D eigenvalue weighted by Crippen LogP contribution is -2.55. The number of halogens is 2. The zero-order chi connectivity index (χ0) is 60.3. The first-order valence-corrected chi connectivity index (χ1v) is 28.1. The molecule has 456 valence electrons. The van der Waals surface area contributed by atoms with Crippen LogP contribution in [-0.2, 0) is 49.5 Å². The predicted octanol–water partition coefficient (Wildman–Crippen LogP) is 3.99. The fourth-order valence-corrected chi connectivity index (χ4v) is 10.1. The maximum Gasteiger partial charge on any atom is 0.317 e. The van der Waals surface area contributed by atoms with Crippen molar-refractivity contribution in [3.63, 3.8) is 0 Å². The summed E-state index contributed by atoms with van der Waals surface area (Å²) in [6, 6.07) is 16.3. The van der Waals surface area contributed by atoms with E-state index in [2.05, 4.69) is 27.4 Å². The molecule has 2 fully saturated rings. The Labute approximate surface area is 494 Å². The molecule has 2 saturated heterocycles. The summed E-state index contributed by atoms with van der Waals surface area (Å²) in [6.45, 7) is 15.3. The van der Waals surface area contributed by atoms with Gasteiger partial charge < -0.3 is 69.0 Å². The van der Waals surface area contributed by atoms with Crippen molar-refractivity contribution in [1.82, 2.24) is 39.6 Å². The van der Waals surface area contributed by atoms with Crippen LogP contribution >= 0.6 is 23.2 Å². The molecule has 3 aliphatic heterocycles. The van der Waals surface area contributed by atoms with Gasteiger partial charge in [-0.3, -0.25) is 38.7 Å². The molecule has 3 aromatic carbocycles. The summed E-state index contributed by atoms with van der Waals surface area (Å²) in [5, 5.41) is 35.0. The van der Waals surface area contributed by atoms with Gasteiger partial charge in [-0.15, -0.1) is 0 Å². The van der Waals surface area contributed by atoms with Crippen LogP contribution in [0.25, 0.3) is 28.1 Å². The number of carbonyl (C=O) groups excluding carboxylic acids is 4. The van der Waals surface area contributed by atoms with Crippen molar-refractivity contribution in [1.29, 1.82) is 0 Å². The summed E-state index contributed by atoms with van der Waals surface area (Å²) in [5.41, 5.74) is 4.21.